The number of aryl methyl sites for hydroxylation is 1. The number of tetrazole rings is 1. The predicted octanol–water partition coefficient (Wildman–Crippen LogP) is -1.51. The Balaban J connectivity index is 2.31. The van der Waals surface area contributed by atoms with E-state index < -0.39 is 0 Å². The molecule has 14 heavy (non-hydrogen) atoms. The molecule has 1 unspecified atom stereocenters. The molecule has 8 heteroatoms. The zero-order chi connectivity index (χ0) is 9.97. The van der Waals surface area contributed by atoms with Crippen LogP contribution < -0.4 is 11.3 Å². The molecule has 1 atom stereocenters. The van der Waals surface area contributed by atoms with Gasteiger partial charge >= 0.3 is 0 Å². The summed E-state index contributed by atoms with van der Waals surface area (Å²) in [7, 11) is 1.69. The number of H-pyrrole nitrogens is 1. The lowest BCUT2D eigenvalue weighted by Gasteiger charge is -2.07. The Bertz CT molecular complexity index is 390. The van der Waals surface area contributed by atoms with E-state index in [-0.39, 0.29) is 6.04 Å². The lowest BCUT2D eigenvalue weighted by molar-refractivity contribution is 0.589. The van der Waals surface area contributed by atoms with Gasteiger partial charge in [-0.2, -0.15) is 9.90 Å². The second-order valence-corrected chi connectivity index (χ2v) is 2.77. The Labute approximate surface area is 79.5 Å². The lowest BCUT2D eigenvalue weighted by Crippen LogP contribution is -2.29. The third-order valence-electron chi connectivity index (χ3n) is 1.80. The van der Waals surface area contributed by atoms with Crippen molar-refractivity contribution in [1.82, 2.24) is 35.8 Å². The Morgan fingerprint density at radius 2 is 2.50 bits per heavy atom. The van der Waals surface area contributed by atoms with Crippen molar-refractivity contribution in [2.24, 2.45) is 12.9 Å². The minimum Gasteiger partial charge on any atom is -0.285 e. The Morgan fingerprint density at radius 1 is 1.64 bits per heavy atom. The van der Waals surface area contributed by atoms with Crippen molar-refractivity contribution in [3.05, 3.63) is 23.8 Å². The average Bonchev–Trinajstić information content (AvgIpc) is 2.79. The number of nitrogens with zero attached hydrogens (tertiary/aromatic N) is 5. The molecular formula is C6H10N8. The van der Waals surface area contributed by atoms with Gasteiger partial charge in [-0.1, -0.05) is 0 Å². The molecule has 0 fully saturated rings. The van der Waals surface area contributed by atoms with Crippen molar-refractivity contribution in [2.45, 2.75) is 6.04 Å². The highest BCUT2D eigenvalue weighted by atomic mass is 15.6. The first-order chi connectivity index (χ1) is 6.81. The molecule has 0 aromatic carbocycles. The van der Waals surface area contributed by atoms with E-state index in [9.17, 15) is 0 Å². The molecule has 74 valence electrons. The summed E-state index contributed by atoms with van der Waals surface area (Å²) in [6.07, 6.45) is 3.38. The summed E-state index contributed by atoms with van der Waals surface area (Å²) in [5.41, 5.74) is 3.46. The monoisotopic (exact) mass is 194 g/mol. The van der Waals surface area contributed by atoms with Crippen molar-refractivity contribution < 1.29 is 0 Å². The van der Waals surface area contributed by atoms with Gasteiger partial charge in [-0.15, -0.1) is 10.2 Å². The number of nitrogens with two attached hydrogens (primary N) is 1. The molecule has 2 heterocycles. The molecular weight excluding hydrogens is 184 g/mol. The molecule has 0 aliphatic heterocycles. The molecule has 2 aromatic rings. The van der Waals surface area contributed by atoms with Gasteiger partial charge < -0.3 is 0 Å². The molecule has 0 spiro atoms. The molecule has 0 radical (unpaired) electrons. The molecule has 0 aliphatic carbocycles. The summed E-state index contributed by atoms with van der Waals surface area (Å²) in [5.74, 6) is 5.91. The summed E-state index contributed by atoms with van der Waals surface area (Å²) in [6.45, 7) is 0. The van der Waals surface area contributed by atoms with Crippen molar-refractivity contribution in [3.8, 4) is 0 Å². The number of rotatable bonds is 3. The Morgan fingerprint density at radius 3 is 3.00 bits per heavy atom. The summed E-state index contributed by atoms with van der Waals surface area (Å²) in [4.78, 5) is 1.37. The first-order valence-electron chi connectivity index (χ1n) is 4.00. The maximum absolute atomic E-state index is 5.40. The fourth-order valence-corrected chi connectivity index (χ4v) is 1.15. The van der Waals surface area contributed by atoms with Crippen molar-refractivity contribution in [3.63, 3.8) is 0 Å². The van der Waals surface area contributed by atoms with Gasteiger partial charge in [0.15, 0.2) is 5.82 Å². The van der Waals surface area contributed by atoms with Gasteiger partial charge in [0.1, 0.15) is 6.04 Å². The minimum absolute atomic E-state index is 0.289. The number of aromatic amines is 1. The number of hydrogen-bond donors (Lipinski definition) is 3. The molecule has 0 saturated carbocycles. The van der Waals surface area contributed by atoms with Crippen LogP contribution in [0.5, 0.6) is 0 Å². The summed E-state index contributed by atoms with van der Waals surface area (Å²) in [5, 5.41) is 18.1. The highest BCUT2D eigenvalue weighted by Gasteiger charge is 2.18. The smallest absolute Gasteiger partial charge is 0.197 e. The fraction of sp³-hybridized carbons (Fsp3) is 0.333. The van der Waals surface area contributed by atoms with Crippen molar-refractivity contribution >= 4 is 0 Å². The van der Waals surface area contributed by atoms with Gasteiger partial charge in [0, 0.05) is 11.8 Å². The topological polar surface area (TPSA) is 110 Å². The normalized spacial score (nSPS) is 13.0. The van der Waals surface area contributed by atoms with E-state index in [0.717, 1.165) is 5.56 Å². The van der Waals surface area contributed by atoms with Crippen LogP contribution in [0.3, 0.4) is 0 Å². The molecule has 0 bridgehead atoms. The maximum atomic E-state index is 5.40. The minimum atomic E-state index is -0.289. The maximum Gasteiger partial charge on any atom is 0.197 e. The fourth-order valence-electron chi connectivity index (χ4n) is 1.15. The van der Waals surface area contributed by atoms with Crippen LogP contribution >= 0.6 is 0 Å². The van der Waals surface area contributed by atoms with Gasteiger partial charge in [0.2, 0.25) is 0 Å². The number of aromatic nitrogens is 6. The molecule has 0 saturated heterocycles. The number of hydrazine groups is 1. The standard InChI is InChI=1S/C6H10N8/c1-14-12-6(11-13-14)5(10-7)4-2-8-9-3-4/h2-3,5,10H,7H2,1H3,(H,8,9). The second kappa shape index (κ2) is 3.52. The van der Waals surface area contributed by atoms with Gasteiger partial charge in [0.25, 0.3) is 0 Å². The van der Waals surface area contributed by atoms with E-state index >= 15 is 0 Å². The van der Waals surface area contributed by atoms with Crippen LogP contribution in [0.4, 0.5) is 0 Å². The summed E-state index contributed by atoms with van der Waals surface area (Å²) >= 11 is 0. The number of nitrogens with one attached hydrogen (secondary N) is 2. The van der Waals surface area contributed by atoms with E-state index in [2.05, 4.69) is 31.0 Å². The van der Waals surface area contributed by atoms with Crippen LogP contribution in [-0.4, -0.2) is 30.4 Å². The molecule has 0 aliphatic rings. The van der Waals surface area contributed by atoms with Gasteiger partial charge in [0.05, 0.1) is 13.2 Å². The molecule has 8 nitrogen and oxygen atoms in total. The molecule has 2 aromatic heterocycles. The highest BCUT2D eigenvalue weighted by Crippen LogP contribution is 2.14. The zero-order valence-corrected chi connectivity index (χ0v) is 7.55. The lowest BCUT2D eigenvalue weighted by atomic mass is 10.1. The first-order valence-corrected chi connectivity index (χ1v) is 4.00. The van der Waals surface area contributed by atoms with E-state index in [1.165, 1.54) is 4.80 Å². The first kappa shape index (κ1) is 8.78. The second-order valence-electron chi connectivity index (χ2n) is 2.77. The summed E-state index contributed by atoms with van der Waals surface area (Å²) < 4.78 is 0. The Hall–Kier alpha value is -1.80. The SMILES string of the molecule is Cn1nnc(C(NN)c2cn[nH]c2)n1. The van der Waals surface area contributed by atoms with Crippen LogP contribution in [0, 0.1) is 0 Å². The summed E-state index contributed by atoms with van der Waals surface area (Å²) in [6, 6.07) is -0.289. The van der Waals surface area contributed by atoms with Crippen LogP contribution in [0.15, 0.2) is 12.4 Å². The van der Waals surface area contributed by atoms with Crippen LogP contribution in [0.25, 0.3) is 0 Å². The van der Waals surface area contributed by atoms with Crippen LogP contribution in [-0.2, 0) is 7.05 Å². The molecule has 4 N–H and O–H groups in total. The van der Waals surface area contributed by atoms with E-state index in [0.29, 0.717) is 5.82 Å². The van der Waals surface area contributed by atoms with Gasteiger partial charge in [-0.05, 0) is 5.21 Å². The third kappa shape index (κ3) is 1.47. The van der Waals surface area contributed by atoms with E-state index in [1.807, 2.05) is 0 Å². The molecule has 0 amide bonds. The van der Waals surface area contributed by atoms with Crippen LogP contribution in [0.2, 0.25) is 0 Å². The van der Waals surface area contributed by atoms with E-state index in [4.69, 9.17) is 5.84 Å². The van der Waals surface area contributed by atoms with Gasteiger partial charge in [-0.3, -0.25) is 10.9 Å². The zero-order valence-electron chi connectivity index (χ0n) is 7.55. The van der Waals surface area contributed by atoms with Crippen molar-refractivity contribution in [1.29, 1.82) is 0 Å². The van der Waals surface area contributed by atoms with E-state index in [1.54, 1.807) is 19.4 Å². The number of hydrogen-bond acceptors (Lipinski definition) is 6. The largest absolute Gasteiger partial charge is 0.285 e. The highest BCUT2D eigenvalue weighted by molar-refractivity contribution is 5.16. The quantitative estimate of drug-likeness (QED) is 0.404. The third-order valence-corrected chi connectivity index (χ3v) is 1.80. The Kier molecular flexibility index (Phi) is 2.21. The van der Waals surface area contributed by atoms with Crippen LogP contribution in [0.1, 0.15) is 17.4 Å². The predicted molar refractivity (Wildman–Crippen MR) is 46.6 cm³/mol. The van der Waals surface area contributed by atoms with Crippen molar-refractivity contribution in [2.75, 3.05) is 0 Å². The molecule has 2 rings (SSSR count). The average molecular weight is 194 g/mol. The van der Waals surface area contributed by atoms with Gasteiger partial charge in [-0.25, -0.2) is 5.43 Å².